The zero-order valence-electron chi connectivity index (χ0n) is 10.3. The largest absolute Gasteiger partial charge is 0.370 e. The van der Waals surface area contributed by atoms with E-state index in [1.807, 2.05) is 0 Å². The van der Waals surface area contributed by atoms with Crippen LogP contribution in [0.4, 0.5) is 0 Å². The maximum atomic E-state index is 11.2. The van der Waals surface area contributed by atoms with E-state index in [0.29, 0.717) is 0 Å². The van der Waals surface area contributed by atoms with Gasteiger partial charge in [0.1, 0.15) is 12.1 Å². The van der Waals surface area contributed by atoms with E-state index in [4.69, 9.17) is 4.74 Å². The highest BCUT2D eigenvalue weighted by Gasteiger charge is 2.64. The van der Waals surface area contributed by atoms with E-state index in [1.165, 1.54) is 0 Å². The summed E-state index contributed by atoms with van der Waals surface area (Å²) in [6.07, 6.45) is -3.63. The van der Waals surface area contributed by atoms with Crippen LogP contribution >= 0.6 is 0 Å². The molecular weight excluding hydrogens is 296 g/mol. The zero-order chi connectivity index (χ0) is 15.3. The topological polar surface area (TPSA) is 160 Å². The van der Waals surface area contributed by atoms with Gasteiger partial charge >= 0.3 is 0 Å². The molecule has 6 unspecified atom stereocenters. The molecule has 0 aliphatic carbocycles. The summed E-state index contributed by atoms with van der Waals surface area (Å²) >= 11 is 0. The highest BCUT2D eigenvalue weighted by Crippen LogP contribution is 2.45. The first-order valence-corrected chi connectivity index (χ1v) is 6.09. The monoisotopic (exact) mass is 306 g/mol. The van der Waals surface area contributed by atoms with Crippen molar-refractivity contribution >= 4 is 0 Å². The maximum Gasteiger partial charge on any atom is 0.294 e. The van der Waals surface area contributed by atoms with E-state index < -0.39 is 51.7 Å². The molecule has 0 spiro atoms. The third-order valence-electron chi connectivity index (χ3n) is 4.07. The number of hydrogen-bond acceptors (Lipinski definition) is 9. The van der Waals surface area contributed by atoms with Gasteiger partial charge in [-0.2, -0.15) is 0 Å². The van der Waals surface area contributed by atoms with Crippen LogP contribution < -0.4 is 0 Å². The number of hydrogen-bond donors (Lipinski definition) is 0. The van der Waals surface area contributed by atoms with Gasteiger partial charge in [-0.1, -0.05) is 0 Å². The normalized spacial score (nSPS) is 39.9. The molecular formula is C8H10N4O9. The van der Waals surface area contributed by atoms with E-state index in [9.17, 15) is 30.3 Å². The van der Waals surface area contributed by atoms with Crippen molar-refractivity contribution < 1.29 is 29.6 Å². The quantitative estimate of drug-likeness (QED) is 0.452. The number of hydrazine groups is 1. The number of nitrogens with zero attached hydrogens (tertiary/aromatic N) is 4. The van der Waals surface area contributed by atoms with Gasteiger partial charge in [-0.3, -0.25) is 0 Å². The van der Waals surface area contributed by atoms with Gasteiger partial charge in [0.25, 0.3) is 10.2 Å². The van der Waals surface area contributed by atoms with Gasteiger partial charge < -0.3 is 14.4 Å². The van der Waals surface area contributed by atoms with Crippen LogP contribution in [0.25, 0.3) is 0 Å². The van der Waals surface area contributed by atoms with Gasteiger partial charge in [-0.25, -0.2) is 10.1 Å². The molecule has 4 saturated heterocycles. The van der Waals surface area contributed by atoms with Crippen LogP contribution in [-0.4, -0.2) is 56.7 Å². The summed E-state index contributed by atoms with van der Waals surface area (Å²) in [6.45, 7) is 0. The first-order valence-electron chi connectivity index (χ1n) is 6.09. The highest BCUT2D eigenvalue weighted by molar-refractivity contribution is 5.08. The van der Waals surface area contributed by atoms with Gasteiger partial charge in [-0.15, -0.1) is 25.2 Å². The second-order valence-corrected chi connectivity index (χ2v) is 5.02. The first-order chi connectivity index (χ1) is 9.88. The van der Waals surface area contributed by atoms with Crippen molar-refractivity contribution in [1.29, 1.82) is 0 Å². The zero-order valence-corrected chi connectivity index (χ0v) is 10.3. The lowest BCUT2D eigenvalue weighted by atomic mass is 9.76. The fourth-order valence-electron chi connectivity index (χ4n) is 3.48. The van der Waals surface area contributed by atoms with Crippen molar-refractivity contribution in [2.45, 2.75) is 49.3 Å². The molecule has 21 heavy (non-hydrogen) atoms. The maximum absolute atomic E-state index is 11.2. The lowest BCUT2D eigenvalue weighted by molar-refractivity contribution is -0.797. The predicted octanol–water partition coefficient (Wildman–Crippen LogP) is -1.05. The van der Waals surface area contributed by atoms with E-state index in [2.05, 4.69) is 9.68 Å². The minimum atomic E-state index is -1.09. The molecule has 0 amide bonds. The summed E-state index contributed by atoms with van der Waals surface area (Å²) in [5, 5.41) is 30.2. The summed E-state index contributed by atoms with van der Waals surface area (Å²) in [6, 6.07) is -1.75. The summed E-state index contributed by atoms with van der Waals surface area (Å²) in [5.41, 5.74) is 0. The Morgan fingerprint density at radius 1 is 0.905 bits per heavy atom. The van der Waals surface area contributed by atoms with E-state index in [-0.39, 0.29) is 12.8 Å². The molecule has 6 atom stereocenters. The van der Waals surface area contributed by atoms with Gasteiger partial charge in [0.2, 0.25) is 0 Å². The molecule has 4 bridgehead atoms. The Balaban J connectivity index is 1.88. The van der Waals surface area contributed by atoms with E-state index in [1.54, 1.807) is 0 Å². The molecule has 0 aromatic heterocycles. The van der Waals surface area contributed by atoms with Crippen LogP contribution in [0, 0.1) is 30.3 Å². The molecule has 0 aromatic carbocycles. The van der Waals surface area contributed by atoms with Crippen LogP contribution in [0.5, 0.6) is 0 Å². The molecule has 0 N–H and O–H groups in total. The van der Waals surface area contributed by atoms with Crippen molar-refractivity contribution in [2.75, 3.05) is 0 Å². The molecule has 4 heterocycles. The Morgan fingerprint density at radius 3 is 1.67 bits per heavy atom. The number of rotatable bonds is 5. The third-order valence-corrected chi connectivity index (χ3v) is 4.07. The minimum absolute atomic E-state index is 0.00894. The summed E-state index contributed by atoms with van der Waals surface area (Å²) in [5.74, 6) is 0. The molecule has 4 aliphatic heterocycles. The van der Waals surface area contributed by atoms with E-state index in [0.717, 1.165) is 5.01 Å². The first kappa shape index (κ1) is 13.5. The molecule has 13 heteroatoms. The summed E-state index contributed by atoms with van der Waals surface area (Å²) in [4.78, 5) is 41.2. The van der Waals surface area contributed by atoms with Crippen LogP contribution in [0.15, 0.2) is 0 Å². The van der Waals surface area contributed by atoms with Crippen molar-refractivity contribution in [2.24, 2.45) is 0 Å². The number of piperidine rings is 2. The smallest absolute Gasteiger partial charge is 0.294 e. The summed E-state index contributed by atoms with van der Waals surface area (Å²) in [7, 11) is 0. The van der Waals surface area contributed by atoms with Crippen molar-refractivity contribution in [3.63, 3.8) is 0 Å². The lowest BCUT2D eigenvalue weighted by Gasteiger charge is -2.56. The predicted molar refractivity (Wildman–Crippen MR) is 58.0 cm³/mol. The van der Waals surface area contributed by atoms with Gasteiger partial charge in [0.15, 0.2) is 17.2 Å². The van der Waals surface area contributed by atoms with Crippen LogP contribution in [-0.2, 0) is 14.4 Å². The Bertz CT molecular complexity index is 464. The van der Waals surface area contributed by atoms with Crippen molar-refractivity contribution in [1.82, 2.24) is 5.01 Å². The second kappa shape index (κ2) is 4.54. The van der Waals surface area contributed by atoms with Crippen molar-refractivity contribution in [3.05, 3.63) is 30.3 Å². The Labute approximate surface area is 115 Å². The fraction of sp³-hybridized carbons (Fsp3) is 1.00. The molecule has 0 aromatic rings. The fourth-order valence-corrected chi connectivity index (χ4v) is 3.48. The molecule has 0 saturated carbocycles. The molecule has 4 fully saturated rings. The van der Waals surface area contributed by atoms with E-state index >= 15 is 0 Å². The average molecular weight is 306 g/mol. The Hall–Kier alpha value is -2.44. The Kier molecular flexibility index (Phi) is 2.93. The lowest BCUT2D eigenvalue weighted by Crippen LogP contribution is -2.76. The van der Waals surface area contributed by atoms with Crippen LogP contribution in [0.1, 0.15) is 12.8 Å². The summed E-state index contributed by atoms with van der Waals surface area (Å²) < 4.78 is 5.47. The molecule has 4 rings (SSSR count). The van der Waals surface area contributed by atoms with Crippen LogP contribution in [0.3, 0.4) is 0 Å². The van der Waals surface area contributed by atoms with Gasteiger partial charge in [0, 0.05) is 12.8 Å². The standard InChI is InChI=1S/C8H10N4O9/c13-10(14)9-3-1-5-8(21-12(17)18)4(9)2-6(19-5)7(3)20-11(15)16/h3-8H,1-2H2. The molecule has 116 valence electrons. The van der Waals surface area contributed by atoms with Gasteiger partial charge in [0.05, 0.1) is 12.2 Å². The number of nitro groups is 1. The molecule has 4 aliphatic rings. The van der Waals surface area contributed by atoms with Gasteiger partial charge in [-0.05, 0) is 0 Å². The highest BCUT2D eigenvalue weighted by atomic mass is 17.0. The second-order valence-electron chi connectivity index (χ2n) is 5.02. The molecule has 13 nitrogen and oxygen atoms in total. The minimum Gasteiger partial charge on any atom is -0.370 e. The average Bonchev–Trinajstić information content (AvgIpc) is 2.34. The SMILES string of the molecule is O=[N+]([O-])OC1C2CC3C(O[N+](=O)[O-])C(CC1N3[N+](=O)[O-])O2. The third kappa shape index (κ3) is 2.05. The number of ether oxygens (including phenoxy) is 1. The van der Waals surface area contributed by atoms with Crippen molar-refractivity contribution in [3.8, 4) is 0 Å². The molecule has 0 radical (unpaired) electrons. The van der Waals surface area contributed by atoms with Crippen LogP contribution in [0.2, 0.25) is 0 Å². The Morgan fingerprint density at radius 2 is 1.33 bits per heavy atom.